The van der Waals surface area contributed by atoms with E-state index in [0.29, 0.717) is 0 Å². The van der Waals surface area contributed by atoms with Crippen LogP contribution in [0, 0.1) is 5.21 Å². The van der Waals surface area contributed by atoms with Crippen molar-refractivity contribution < 1.29 is 0 Å². The molecule has 11 heavy (non-hydrogen) atoms. The topological polar surface area (TPSA) is 40.0 Å². The lowest BCUT2D eigenvalue weighted by atomic mass is 10.3. The van der Waals surface area contributed by atoms with Gasteiger partial charge in [-0.3, -0.25) is 4.68 Å². The molecule has 0 amide bonds. The summed E-state index contributed by atoms with van der Waals surface area (Å²) >= 11 is 0. The first-order chi connectivity index (χ1) is 5.42. The second kappa shape index (κ2) is 2.29. The molecular formula is C8H7N2O-. The maximum atomic E-state index is 10.3. The number of hydrogen-bond donors (Lipinski definition) is 1. The van der Waals surface area contributed by atoms with Crippen LogP contribution >= 0.6 is 0 Å². The monoisotopic (exact) mass is 147 g/mol. The molecule has 0 radical (unpaired) electrons. The zero-order valence-electron chi connectivity index (χ0n) is 5.82. The quantitative estimate of drug-likeness (QED) is 0.623. The maximum Gasteiger partial charge on any atom is 0.0683 e. The van der Waals surface area contributed by atoms with E-state index in [9.17, 15) is 5.21 Å². The highest BCUT2D eigenvalue weighted by Crippen LogP contribution is 2.12. The molecule has 2 rings (SSSR count). The largest absolute Gasteiger partial charge is 0.746 e. The van der Waals surface area contributed by atoms with Gasteiger partial charge in [0.2, 0.25) is 0 Å². The maximum absolute atomic E-state index is 10.3. The van der Waals surface area contributed by atoms with Gasteiger partial charge in [0, 0.05) is 11.6 Å². The van der Waals surface area contributed by atoms with E-state index in [1.165, 1.54) is 4.68 Å². The number of para-hydroxylation sites is 1. The summed E-state index contributed by atoms with van der Waals surface area (Å²) in [6.07, 6.45) is 1.71. The lowest BCUT2D eigenvalue weighted by molar-refractivity contribution is 1.01. The minimum Gasteiger partial charge on any atom is -0.746 e. The van der Waals surface area contributed by atoms with Gasteiger partial charge in [0.1, 0.15) is 0 Å². The molecule has 0 saturated carbocycles. The van der Waals surface area contributed by atoms with Gasteiger partial charge in [0.05, 0.1) is 5.52 Å². The molecule has 1 aromatic carbocycles. The summed E-state index contributed by atoms with van der Waals surface area (Å²) in [5.41, 5.74) is 2.72. The van der Waals surface area contributed by atoms with Crippen LogP contribution in [0.4, 0.5) is 0 Å². The van der Waals surface area contributed by atoms with Crippen molar-refractivity contribution in [2.45, 2.75) is 0 Å². The van der Waals surface area contributed by atoms with Gasteiger partial charge < -0.3 is 10.8 Å². The number of nitrogens with one attached hydrogen (secondary N) is 1. The van der Waals surface area contributed by atoms with Gasteiger partial charge in [-0.25, -0.2) is 0 Å². The molecule has 3 nitrogen and oxygen atoms in total. The van der Waals surface area contributed by atoms with E-state index in [1.54, 1.807) is 6.20 Å². The lowest BCUT2D eigenvalue weighted by Crippen LogP contribution is -2.03. The van der Waals surface area contributed by atoms with Gasteiger partial charge in [-0.2, -0.15) is 0 Å². The van der Waals surface area contributed by atoms with Gasteiger partial charge >= 0.3 is 0 Å². The van der Waals surface area contributed by atoms with Crippen LogP contribution in [-0.4, -0.2) is 4.68 Å². The molecular weight excluding hydrogens is 140 g/mol. The lowest BCUT2D eigenvalue weighted by Gasteiger charge is -2.11. The van der Waals surface area contributed by atoms with Crippen molar-refractivity contribution in [1.29, 1.82) is 0 Å². The Bertz CT molecular complexity index is 367. The Balaban J connectivity index is 2.76. The van der Waals surface area contributed by atoms with Gasteiger partial charge in [-0.1, -0.05) is 18.2 Å². The molecule has 0 bridgehead atoms. The number of benzene rings is 1. The standard InChI is InChI=1S/C8H7N2O/c11-9-10-6-5-7-3-1-2-4-8(7)10/h1-6,9H/q-1. The Kier molecular flexibility index (Phi) is 1.30. The predicted molar refractivity (Wildman–Crippen MR) is 44.7 cm³/mol. The van der Waals surface area contributed by atoms with E-state index in [2.05, 4.69) is 0 Å². The molecule has 0 atom stereocenters. The van der Waals surface area contributed by atoms with Gasteiger partial charge in [0.15, 0.2) is 0 Å². The molecule has 3 heteroatoms. The average molecular weight is 147 g/mol. The number of nitrogens with zero attached hydrogens (tertiary/aromatic N) is 1. The highest BCUT2D eigenvalue weighted by Gasteiger charge is 1.93. The molecule has 0 aliphatic rings. The molecule has 2 aromatic rings. The molecule has 1 heterocycles. The summed E-state index contributed by atoms with van der Waals surface area (Å²) < 4.78 is 1.44. The van der Waals surface area contributed by atoms with Gasteiger partial charge in [0.25, 0.3) is 0 Å². The van der Waals surface area contributed by atoms with Crippen LogP contribution in [0.5, 0.6) is 0 Å². The first-order valence-corrected chi connectivity index (χ1v) is 3.36. The minimum atomic E-state index is 0.905. The van der Waals surface area contributed by atoms with Crippen molar-refractivity contribution in [3.63, 3.8) is 0 Å². The van der Waals surface area contributed by atoms with Crippen LogP contribution in [0.25, 0.3) is 10.9 Å². The third-order valence-corrected chi connectivity index (χ3v) is 1.70. The van der Waals surface area contributed by atoms with E-state index in [-0.39, 0.29) is 0 Å². The third kappa shape index (κ3) is 0.860. The van der Waals surface area contributed by atoms with Crippen LogP contribution < -0.4 is 5.59 Å². The average Bonchev–Trinajstić information content (AvgIpc) is 2.47. The van der Waals surface area contributed by atoms with Gasteiger partial charge in [-0.15, -0.1) is 0 Å². The van der Waals surface area contributed by atoms with Crippen LogP contribution in [0.3, 0.4) is 0 Å². The third-order valence-electron chi connectivity index (χ3n) is 1.70. The highest BCUT2D eigenvalue weighted by molar-refractivity contribution is 5.80. The second-order valence-electron chi connectivity index (χ2n) is 2.34. The summed E-state index contributed by atoms with van der Waals surface area (Å²) in [4.78, 5) is 0. The van der Waals surface area contributed by atoms with Crippen LogP contribution in [-0.2, 0) is 0 Å². The van der Waals surface area contributed by atoms with Crippen LogP contribution in [0.15, 0.2) is 36.5 Å². The molecule has 0 spiro atoms. The Hall–Kier alpha value is -1.48. The fraction of sp³-hybridized carbons (Fsp3) is 0. The minimum absolute atomic E-state index is 0.905. The van der Waals surface area contributed by atoms with Crippen molar-refractivity contribution in [3.05, 3.63) is 41.7 Å². The summed E-state index contributed by atoms with van der Waals surface area (Å²) in [5, 5.41) is 11.4. The van der Waals surface area contributed by atoms with Crippen LogP contribution in [0.1, 0.15) is 0 Å². The molecule has 1 N–H and O–H groups in total. The van der Waals surface area contributed by atoms with Crippen molar-refractivity contribution in [3.8, 4) is 0 Å². The zero-order chi connectivity index (χ0) is 7.68. The molecule has 0 saturated heterocycles. The van der Waals surface area contributed by atoms with Gasteiger partial charge in [-0.05, 0) is 12.1 Å². The molecule has 0 aliphatic heterocycles. The van der Waals surface area contributed by atoms with E-state index < -0.39 is 0 Å². The molecule has 0 fully saturated rings. The number of aromatic nitrogens is 1. The van der Waals surface area contributed by atoms with E-state index in [4.69, 9.17) is 0 Å². The first kappa shape index (κ1) is 6.24. The zero-order valence-corrected chi connectivity index (χ0v) is 5.82. The Labute approximate surface area is 63.8 Å². The first-order valence-electron chi connectivity index (χ1n) is 3.36. The predicted octanol–water partition coefficient (Wildman–Crippen LogP) is 1.68. The van der Waals surface area contributed by atoms with Crippen molar-refractivity contribution >= 4 is 10.9 Å². The van der Waals surface area contributed by atoms with Crippen molar-refractivity contribution in [2.75, 3.05) is 5.59 Å². The summed E-state index contributed by atoms with van der Waals surface area (Å²) in [5.74, 6) is 0. The number of rotatable bonds is 1. The summed E-state index contributed by atoms with van der Waals surface area (Å²) in [6, 6.07) is 9.58. The second-order valence-corrected chi connectivity index (χ2v) is 2.34. The normalized spacial score (nSPS) is 10.3. The highest BCUT2D eigenvalue weighted by atomic mass is 16.5. The number of hydrogen-bond acceptors (Lipinski definition) is 2. The smallest absolute Gasteiger partial charge is 0.0683 e. The van der Waals surface area contributed by atoms with E-state index in [1.807, 2.05) is 35.9 Å². The summed E-state index contributed by atoms with van der Waals surface area (Å²) in [6.45, 7) is 0. The summed E-state index contributed by atoms with van der Waals surface area (Å²) in [7, 11) is 0. The molecule has 56 valence electrons. The van der Waals surface area contributed by atoms with E-state index >= 15 is 0 Å². The Morgan fingerprint density at radius 1 is 1.18 bits per heavy atom. The molecule has 0 aliphatic carbocycles. The Morgan fingerprint density at radius 3 is 2.82 bits per heavy atom. The van der Waals surface area contributed by atoms with E-state index in [0.717, 1.165) is 10.9 Å². The molecule has 1 aromatic heterocycles. The van der Waals surface area contributed by atoms with Crippen molar-refractivity contribution in [1.82, 2.24) is 4.68 Å². The fourth-order valence-corrected chi connectivity index (χ4v) is 1.16. The van der Waals surface area contributed by atoms with Crippen LogP contribution in [0.2, 0.25) is 0 Å². The molecule has 0 unspecified atom stereocenters. The number of fused-ring (bicyclic) bond motifs is 1. The fourth-order valence-electron chi connectivity index (χ4n) is 1.16. The SMILES string of the molecule is [O-]Nn1ccc2ccccc21. The Morgan fingerprint density at radius 2 is 2.00 bits per heavy atom. The van der Waals surface area contributed by atoms with Crippen molar-refractivity contribution in [2.24, 2.45) is 0 Å².